The molecule has 13 heavy (non-hydrogen) atoms. The van der Waals surface area contributed by atoms with Gasteiger partial charge in [0.1, 0.15) is 0 Å². The fraction of sp³-hybridized carbons (Fsp3) is 0.200. The van der Waals surface area contributed by atoms with Crippen LogP contribution in [-0.2, 0) is 6.42 Å². The molecule has 0 radical (unpaired) electrons. The summed E-state index contributed by atoms with van der Waals surface area (Å²) in [7, 11) is 0. The van der Waals surface area contributed by atoms with Gasteiger partial charge in [0.05, 0.1) is 0 Å². The molecule has 0 unspecified atom stereocenters. The van der Waals surface area contributed by atoms with Gasteiger partial charge < -0.3 is 15.7 Å². The maximum atomic E-state index is 6.68. The normalized spacial score (nSPS) is 10.2. The molecule has 1 aromatic rings. The van der Waals surface area contributed by atoms with Gasteiger partial charge in [-0.05, 0) is 30.3 Å². The Kier molecular flexibility index (Phi) is 3.70. The molecule has 0 saturated carbocycles. The van der Waals surface area contributed by atoms with E-state index in [4.69, 9.17) is 5.41 Å². The molecule has 0 aliphatic rings. The largest absolute Gasteiger partial charge is 0.419 e. The van der Waals surface area contributed by atoms with Gasteiger partial charge in [0, 0.05) is 0 Å². The van der Waals surface area contributed by atoms with E-state index in [-0.39, 0.29) is 0 Å². The number of nitrogens with zero attached hydrogens (tertiary/aromatic N) is 2. The zero-order chi connectivity index (χ0) is 9.52. The molecule has 0 spiro atoms. The second-order valence-electron chi connectivity index (χ2n) is 2.51. The Bertz CT molecular complexity index is 305. The molecule has 1 aromatic carbocycles. The molecule has 0 fully saturated rings. The summed E-state index contributed by atoms with van der Waals surface area (Å²) in [5.41, 5.74) is 2.12. The van der Waals surface area contributed by atoms with Crippen molar-refractivity contribution >= 4 is 18.4 Å². The molecule has 1 N–H and O–H groups in total. The first-order valence-electron chi connectivity index (χ1n) is 4.17. The average molecular weight is 174 g/mol. The Morgan fingerprint density at radius 3 is 2.92 bits per heavy atom. The number of hydrogen-bond donors (Lipinski definition) is 1. The molecule has 0 saturated heterocycles. The summed E-state index contributed by atoms with van der Waals surface area (Å²) in [6.45, 7) is 2.09. The lowest BCUT2D eigenvalue weighted by molar-refractivity contribution is 1.13. The van der Waals surface area contributed by atoms with Crippen LogP contribution in [0.1, 0.15) is 12.5 Å². The van der Waals surface area contributed by atoms with Crippen LogP contribution in [0, 0.1) is 5.41 Å². The summed E-state index contributed by atoms with van der Waals surface area (Å²) < 4.78 is 0. The van der Waals surface area contributed by atoms with Crippen molar-refractivity contribution in [2.75, 3.05) is 0 Å². The van der Waals surface area contributed by atoms with Crippen molar-refractivity contribution < 1.29 is 0 Å². The predicted octanol–water partition coefficient (Wildman–Crippen LogP) is 2.89. The Labute approximate surface area is 78.0 Å². The topological polar surface area (TPSA) is 50.3 Å². The monoisotopic (exact) mass is 174 g/mol. The van der Waals surface area contributed by atoms with Crippen molar-refractivity contribution in [2.24, 2.45) is 4.99 Å². The van der Waals surface area contributed by atoms with Crippen LogP contribution in [0.4, 0.5) is 5.69 Å². The van der Waals surface area contributed by atoms with Crippen LogP contribution in [0.3, 0.4) is 0 Å². The Hall–Kier alpha value is -1.64. The van der Waals surface area contributed by atoms with Crippen LogP contribution in [0.25, 0.3) is 5.32 Å². The van der Waals surface area contributed by atoms with E-state index in [1.807, 2.05) is 24.3 Å². The van der Waals surface area contributed by atoms with Crippen LogP contribution in [0.2, 0.25) is 0 Å². The molecule has 0 aliphatic carbocycles. The van der Waals surface area contributed by atoms with Gasteiger partial charge in [-0.1, -0.05) is 31.2 Å². The minimum Gasteiger partial charge on any atom is -0.419 e. The zero-order valence-corrected chi connectivity index (χ0v) is 7.57. The van der Waals surface area contributed by atoms with E-state index in [9.17, 15) is 0 Å². The fourth-order valence-electron chi connectivity index (χ4n) is 1.06. The zero-order valence-electron chi connectivity index (χ0n) is 7.57. The molecule has 3 nitrogen and oxygen atoms in total. The van der Waals surface area contributed by atoms with E-state index >= 15 is 0 Å². The van der Waals surface area contributed by atoms with Crippen molar-refractivity contribution in [1.82, 2.24) is 0 Å². The minimum absolute atomic E-state index is 0.926. The lowest BCUT2D eigenvalue weighted by Crippen LogP contribution is -1.80. The maximum Gasteiger partial charge on any atom is -0.00514 e. The van der Waals surface area contributed by atoms with Crippen molar-refractivity contribution in [3.8, 4) is 0 Å². The first kappa shape index (κ1) is 9.45. The molecule has 3 heteroatoms. The molecule has 68 valence electrons. The molecule has 0 amide bonds. The second-order valence-corrected chi connectivity index (χ2v) is 2.51. The summed E-state index contributed by atoms with van der Waals surface area (Å²) in [5, 5.41) is 10.3. The minimum atomic E-state index is 0.926. The summed E-state index contributed by atoms with van der Waals surface area (Å²) >= 11 is 0. The van der Waals surface area contributed by atoms with Crippen LogP contribution < -0.4 is 0 Å². The standard InChI is InChI=1S/C10H12N3/c1-2-9-5-3-4-6-10(9)13-8-12-7-11/h3-8H,2H2,1H3,(H-,11,12,13)/q-1. The highest BCUT2D eigenvalue weighted by atomic mass is 14.9. The Morgan fingerprint density at radius 2 is 2.23 bits per heavy atom. The quantitative estimate of drug-likeness (QED) is 0.539. The average Bonchev–Trinajstić information content (AvgIpc) is 2.19. The van der Waals surface area contributed by atoms with Gasteiger partial charge in [0.15, 0.2) is 0 Å². The van der Waals surface area contributed by atoms with Gasteiger partial charge in [0.25, 0.3) is 0 Å². The van der Waals surface area contributed by atoms with Crippen LogP contribution >= 0.6 is 0 Å². The molecule has 1 rings (SSSR count). The number of aryl methyl sites for hydroxylation is 1. The fourth-order valence-corrected chi connectivity index (χ4v) is 1.06. The SMILES string of the molecule is CCc1ccccc1N=C[N-]C=N. The van der Waals surface area contributed by atoms with E-state index in [0.29, 0.717) is 0 Å². The molecule has 0 aromatic heterocycles. The molecule has 0 atom stereocenters. The summed E-state index contributed by atoms with van der Waals surface area (Å²) in [6.07, 6.45) is 3.32. The number of benzene rings is 1. The van der Waals surface area contributed by atoms with Gasteiger partial charge in [0.2, 0.25) is 0 Å². The number of para-hydroxylation sites is 1. The van der Waals surface area contributed by atoms with Crippen molar-refractivity contribution in [2.45, 2.75) is 13.3 Å². The van der Waals surface area contributed by atoms with E-state index < -0.39 is 0 Å². The number of hydrogen-bond acceptors (Lipinski definition) is 2. The smallest absolute Gasteiger partial charge is 0.00514 e. The maximum absolute atomic E-state index is 6.68. The molecule has 0 heterocycles. The molecular weight excluding hydrogens is 162 g/mol. The van der Waals surface area contributed by atoms with Crippen LogP contribution in [0.5, 0.6) is 0 Å². The Morgan fingerprint density at radius 1 is 1.46 bits per heavy atom. The first-order chi connectivity index (χ1) is 6.38. The van der Waals surface area contributed by atoms with Gasteiger partial charge >= 0.3 is 0 Å². The van der Waals surface area contributed by atoms with Gasteiger partial charge in [-0.25, -0.2) is 0 Å². The van der Waals surface area contributed by atoms with Crippen LogP contribution in [0.15, 0.2) is 29.3 Å². The van der Waals surface area contributed by atoms with Crippen LogP contribution in [-0.4, -0.2) is 12.7 Å². The van der Waals surface area contributed by atoms with Crippen molar-refractivity contribution in [3.63, 3.8) is 0 Å². The third-order valence-corrected chi connectivity index (χ3v) is 1.71. The van der Waals surface area contributed by atoms with E-state index in [1.165, 1.54) is 11.9 Å². The van der Waals surface area contributed by atoms with Gasteiger partial charge in [-0.3, -0.25) is 0 Å². The van der Waals surface area contributed by atoms with Crippen molar-refractivity contribution in [3.05, 3.63) is 35.1 Å². The molecular formula is C10H12N3-. The Balaban J connectivity index is 2.80. The highest BCUT2D eigenvalue weighted by molar-refractivity contribution is 5.94. The summed E-state index contributed by atoms with van der Waals surface area (Å²) in [5.74, 6) is 0. The third kappa shape index (κ3) is 2.71. The van der Waals surface area contributed by atoms with Gasteiger partial charge in [-0.15, -0.1) is 0 Å². The molecule has 0 aliphatic heterocycles. The summed E-state index contributed by atoms with van der Waals surface area (Å²) in [4.78, 5) is 4.12. The van der Waals surface area contributed by atoms with E-state index in [1.54, 1.807) is 0 Å². The number of nitrogens with one attached hydrogen (secondary N) is 1. The lowest BCUT2D eigenvalue weighted by atomic mass is 10.1. The number of rotatable bonds is 4. The summed E-state index contributed by atoms with van der Waals surface area (Å²) in [6, 6.07) is 7.91. The number of aliphatic imine (C=N–C) groups is 1. The third-order valence-electron chi connectivity index (χ3n) is 1.71. The van der Waals surface area contributed by atoms with E-state index in [0.717, 1.165) is 18.4 Å². The first-order valence-corrected chi connectivity index (χ1v) is 4.17. The lowest BCUT2D eigenvalue weighted by Gasteiger charge is -2.05. The second kappa shape index (κ2) is 5.09. The predicted molar refractivity (Wildman–Crippen MR) is 56.1 cm³/mol. The van der Waals surface area contributed by atoms with Crippen molar-refractivity contribution in [1.29, 1.82) is 5.41 Å². The highest BCUT2D eigenvalue weighted by Crippen LogP contribution is 2.18. The highest BCUT2D eigenvalue weighted by Gasteiger charge is 1.91. The van der Waals surface area contributed by atoms with E-state index in [2.05, 4.69) is 17.2 Å². The molecule has 0 bridgehead atoms. The van der Waals surface area contributed by atoms with Gasteiger partial charge in [-0.2, -0.15) is 0 Å².